The van der Waals surface area contributed by atoms with Gasteiger partial charge >= 0.3 is 0 Å². The van der Waals surface area contributed by atoms with Crippen LogP contribution in [0.5, 0.6) is 5.75 Å². The summed E-state index contributed by atoms with van der Waals surface area (Å²) in [7, 11) is 0. The maximum absolute atomic E-state index is 9.44. The Labute approximate surface area is 112 Å². The summed E-state index contributed by atoms with van der Waals surface area (Å²) in [6, 6.07) is 7.49. The molecular weight excluding hydrogens is 250 g/mol. The lowest BCUT2D eigenvalue weighted by molar-refractivity contribution is 0.199. The van der Waals surface area contributed by atoms with Crippen molar-refractivity contribution in [1.82, 2.24) is 0 Å². The van der Waals surface area contributed by atoms with Crippen LogP contribution in [0.3, 0.4) is 0 Å². The Bertz CT molecular complexity index is 475. The van der Waals surface area contributed by atoms with Crippen molar-refractivity contribution >= 4 is 11.6 Å². The second kappa shape index (κ2) is 5.17. The van der Waals surface area contributed by atoms with Gasteiger partial charge in [0.05, 0.1) is 23.8 Å². The van der Waals surface area contributed by atoms with Gasteiger partial charge in [-0.25, -0.2) is 0 Å². The van der Waals surface area contributed by atoms with Crippen molar-refractivity contribution in [3.05, 3.63) is 28.8 Å². The molecule has 1 saturated carbocycles. The highest BCUT2D eigenvalue weighted by atomic mass is 35.5. The third kappa shape index (κ3) is 2.95. The van der Waals surface area contributed by atoms with Gasteiger partial charge in [0.25, 0.3) is 0 Å². The first-order chi connectivity index (χ1) is 8.56. The molecule has 18 heavy (non-hydrogen) atoms. The van der Waals surface area contributed by atoms with E-state index in [1.807, 2.05) is 0 Å². The molecular formula is C14H16ClNO2. The normalized spacial score (nSPS) is 17.9. The highest BCUT2D eigenvalue weighted by Crippen LogP contribution is 2.49. The van der Waals surface area contributed by atoms with E-state index in [4.69, 9.17) is 21.6 Å². The Hall–Kier alpha value is -1.24. The summed E-state index contributed by atoms with van der Waals surface area (Å²) in [5, 5.41) is 18.7. The van der Waals surface area contributed by atoms with Gasteiger partial charge in [-0.15, -0.1) is 0 Å². The third-order valence-electron chi connectivity index (χ3n) is 3.38. The van der Waals surface area contributed by atoms with Crippen LogP contribution in [0.2, 0.25) is 5.02 Å². The number of aliphatic hydroxyl groups excluding tert-OH is 1. The molecule has 1 aliphatic rings. The first kappa shape index (κ1) is 13.2. The molecule has 1 fully saturated rings. The van der Waals surface area contributed by atoms with Gasteiger partial charge in [-0.05, 0) is 37.5 Å². The Morgan fingerprint density at radius 3 is 2.78 bits per heavy atom. The minimum absolute atomic E-state index is 0.0427. The number of halogens is 1. The minimum Gasteiger partial charge on any atom is -0.491 e. The van der Waals surface area contributed by atoms with Crippen LogP contribution in [-0.2, 0) is 0 Å². The van der Waals surface area contributed by atoms with Gasteiger partial charge < -0.3 is 9.84 Å². The topological polar surface area (TPSA) is 53.2 Å². The van der Waals surface area contributed by atoms with Crippen LogP contribution in [-0.4, -0.2) is 11.7 Å². The summed E-state index contributed by atoms with van der Waals surface area (Å²) in [4.78, 5) is 0. The second-order valence-corrected chi connectivity index (χ2v) is 5.40. The van der Waals surface area contributed by atoms with Crippen molar-refractivity contribution in [2.45, 2.75) is 32.3 Å². The summed E-state index contributed by atoms with van der Waals surface area (Å²) < 4.78 is 5.69. The van der Waals surface area contributed by atoms with E-state index >= 15 is 0 Å². The number of hydrogen-bond acceptors (Lipinski definition) is 3. The number of ether oxygens (including phenoxy) is 1. The molecule has 0 bridgehead atoms. The first-order valence-electron chi connectivity index (χ1n) is 6.04. The largest absolute Gasteiger partial charge is 0.491 e. The van der Waals surface area contributed by atoms with E-state index in [1.54, 1.807) is 25.1 Å². The van der Waals surface area contributed by atoms with E-state index in [-0.39, 0.29) is 5.41 Å². The molecule has 1 N–H and O–H groups in total. The molecule has 0 radical (unpaired) electrons. The zero-order valence-corrected chi connectivity index (χ0v) is 11.1. The van der Waals surface area contributed by atoms with Crippen LogP contribution in [0.1, 0.15) is 37.9 Å². The van der Waals surface area contributed by atoms with E-state index in [2.05, 4.69) is 6.07 Å². The standard InChI is InChI=1S/C14H16ClNO2/c1-10(17)11-2-3-13(12(15)8-11)18-9-14(4-5-14)6-7-16/h2-3,8,10,17H,4-6,9H2,1H3/t10-/m1/s1. The van der Waals surface area contributed by atoms with Gasteiger partial charge in [-0.3, -0.25) is 0 Å². The monoisotopic (exact) mass is 265 g/mol. The highest BCUT2D eigenvalue weighted by Gasteiger charge is 2.43. The van der Waals surface area contributed by atoms with E-state index in [0.717, 1.165) is 18.4 Å². The van der Waals surface area contributed by atoms with E-state index in [9.17, 15) is 5.11 Å². The van der Waals surface area contributed by atoms with Crippen LogP contribution < -0.4 is 4.74 Å². The van der Waals surface area contributed by atoms with Gasteiger partial charge in [-0.2, -0.15) is 5.26 Å². The lowest BCUT2D eigenvalue weighted by atomic mass is 10.1. The predicted molar refractivity (Wildman–Crippen MR) is 69.5 cm³/mol. The number of rotatable bonds is 5. The Kier molecular flexibility index (Phi) is 3.79. The van der Waals surface area contributed by atoms with Crippen molar-refractivity contribution in [3.63, 3.8) is 0 Å². The van der Waals surface area contributed by atoms with Crippen molar-refractivity contribution in [2.24, 2.45) is 5.41 Å². The second-order valence-electron chi connectivity index (χ2n) is 4.99. The third-order valence-corrected chi connectivity index (χ3v) is 3.68. The quantitative estimate of drug-likeness (QED) is 0.887. The fourth-order valence-electron chi connectivity index (χ4n) is 1.84. The maximum Gasteiger partial charge on any atom is 0.137 e. The first-order valence-corrected chi connectivity index (χ1v) is 6.41. The van der Waals surface area contributed by atoms with Crippen LogP contribution in [0.4, 0.5) is 0 Å². The number of benzene rings is 1. The van der Waals surface area contributed by atoms with Crippen LogP contribution in [0.15, 0.2) is 18.2 Å². The molecule has 0 spiro atoms. The molecule has 3 nitrogen and oxygen atoms in total. The van der Waals surface area contributed by atoms with E-state index in [0.29, 0.717) is 23.8 Å². The van der Waals surface area contributed by atoms with Gasteiger partial charge in [0.2, 0.25) is 0 Å². The molecule has 0 aromatic heterocycles. The van der Waals surface area contributed by atoms with Gasteiger partial charge in [0, 0.05) is 11.8 Å². The maximum atomic E-state index is 9.44. The SMILES string of the molecule is C[C@@H](O)c1ccc(OCC2(CC#N)CC2)c(Cl)c1. The predicted octanol–water partition coefficient (Wildman–Crippen LogP) is 3.47. The zero-order valence-electron chi connectivity index (χ0n) is 10.3. The zero-order chi connectivity index (χ0) is 13.2. The summed E-state index contributed by atoms with van der Waals surface area (Å²) in [6.45, 7) is 2.23. The average Bonchev–Trinajstić information content (AvgIpc) is 3.08. The molecule has 4 heteroatoms. The molecule has 1 aromatic rings. The van der Waals surface area contributed by atoms with Crippen molar-refractivity contribution in [2.75, 3.05) is 6.61 Å². The Balaban J connectivity index is 2.00. The molecule has 0 heterocycles. The van der Waals surface area contributed by atoms with Gasteiger partial charge in [-0.1, -0.05) is 17.7 Å². The van der Waals surface area contributed by atoms with Crippen molar-refractivity contribution < 1.29 is 9.84 Å². The number of nitrogens with zero attached hydrogens (tertiary/aromatic N) is 1. The van der Waals surface area contributed by atoms with Gasteiger partial charge in [0.15, 0.2) is 0 Å². The van der Waals surface area contributed by atoms with E-state index < -0.39 is 6.10 Å². The summed E-state index contributed by atoms with van der Waals surface area (Å²) in [5.74, 6) is 0.616. The molecule has 0 saturated heterocycles. The van der Waals surface area contributed by atoms with Crippen LogP contribution in [0, 0.1) is 16.7 Å². The minimum atomic E-state index is -0.537. The lowest BCUT2D eigenvalue weighted by Crippen LogP contribution is -2.12. The smallest absolute Gasteiger partial charge is 0.137 e. The average molecular weight is 266 g/mol. The summed E-state index contributed by atoms with van der Waals surface area (Å²) in [6.07, 6.45) is 2.09. The Morgan fingerprint density at radius 1 is 1.56 bits per heavy atom. The molecule has 2 rings (SSSR count). The van der Waals surface area contributed by atoms with Crippen molar-refractivity contribution in [3.8, 4) is 11.8 Å². The van der Waals surface area contributed by atoms with Gasteiger partial charge in [0.1, 0.15) is 5.75 Å². The molecule has 96 valence electrons. The van der Waals surface area contributed by atoms with Crippen molar-refractivity contribution in [1.29, 1.82) is 5.26 Å². The molecule has 0 aliphatic heterocycles. The summed E-state index contributed by atoms with van der Waals surface area (Å²) in [5.41, 5.74) is 0.812. The molecule has 1 atom stereocenters. The molecule has 0 unspecified atom stereocenters. The highest BCUT2D eigenvalue weighted by molar-refractivity contribution is 6.32. The Morgan fingerprint density at radius 2 is 2.28 bits per heavy atom. The molecule has 1 aromatic carbocycles. The molecule has 0 amide bonds. The van der Waals surface area contributed by atoms with Crippen LogP contribution in [0.25, 0.3) is 0 Å². The number of nitriles is 1. The number of aliphatic hydroxyl groups is 1. The fourth-order valence-corrected chi connectivity index (χ4v) is 2.09. The number of hydrogen-bond donors (Lipinski definition) is 1. The fraction of sp³-hybridized carbons (Fsp3) is 0.500. The van der Waals surface area contributed by atoms with Crippen LogP contribution >= 0.6 is 11.6 Å². The molecule has 1 aliphatic carbocycles. The van der Waals surface area contributed by atoms with E-state index in [1.165, 1.54) is 0 Å². The summed E-state index contributed by atoms with van der Waals surface area (Å²) >= 11 is 6.10. The lowest BCUT2D eigenvalue weighted by Gasteiger charge is -2.15.